The van der Waals surface area contributed by atoms with Gasteiger partial charge >= 0.3 is 5.97 Å². The summed E-state index contributed by atoms with van der Waals surface area (Å²) in [6.07, 6.45) is 0. The van der Waals surface area contributed by atoms with Gasteiger partial charge in [0, 0.05) is 6.54 Å². The summed E-state index contributed by atoms with van der Waals surface area (Å²) in [6, 6.07) is 9.69. The minimum Gasteiger partial charge on any atom is -0.481 e. The van der Waals surface area contributed by atoms with Crippen LogP contribution in [0.5, 0.6) is 0 Å². The molecule has 2 N–H and O–H groups in total. The van der Waals surface area contributed by atoms with Crippen LogP contribution in [0.2, 0.25) is 0 Å². The van der Waals surface area contributed by atoms with Gasteiger partial charge in [0.25, 0.3) is 0 Å². The highest BCUT2D eigenvalue weighted by atomic mass is 16.6. The molecule has 1 unspecified atom stereocenters. The molecule has 4 heteroatoms. The highest BCUT2D eigenvalue weighted by molar-refractivity contribution is 5.69. The molecule has 0 aliphatic heterocycles. The van der Waals surface area contributed by atoms with Crippen LogP contribution in [0, 0.1) is 5.92 Å². The lowest BCUT2D eigenvalue weighted by Crippen LogP contribution is -2.26. The normalized spacial score (nSPS) is 12.3. The quantitative estimate of drug-likeness (QED) is 0.549. The molecule has 0 radical (unpaired) electrons. The number of hydrogen-bond donors (Lipinski definition) is 2. The van der Waals surface area contributed by atoms with E-state index < -0.39 is 11.9 Å². The third kappa shape index (κ3) is 4.58. The van der Waals surface area contributed by atoms with Crippen LogP contribution in [-0.2, 0) is 16.2 Å². The summed E-state index contributed by atoms with van der Waals surface area (Å²) in [6.45, 7) is 2.37. The topological polar surface area (TPSA) is 58.6 Å². The Morgan fingerprint density at radius 1 is 1.47 bits per heavy atom. The van der Waals surface area contributed by atoms with Crippen molar-refractivity contribution >= 4 is 5.97 Å². The van der Waals surface area contributed by atoms with Crippen molar-refractivity contribution in [2.24, 2.45) is 5.92 Å². The van der Waals surface area contributed by atoms with Crippen molar-refractivity contribution in [3.8, 4) is 0 Å². The van der Waals surface area contributed by atoms with E-state index in [0.29, 0.717) is 13.2 Å². The number of carboxylic acids is 1. The van der Waals surface area contributed by atoms with Crippen LogP contribution in [0.4, 0.5) is 0 Å². The average molecular weight is 209 g/mol. The van der Waals surface area contributed by atoms with Gasteiger partial charge in [-0.3, -0.25) is 9.63 Å². The number of rotatable bonds is 6. The van der Waals surface area contributed by atoms with Gasteiger partial charge in [0.1, 0.15) is 0 Å². The lowest BCUT2D eigenvalue weighted by Gasteiger charge is -2.08. The third-order valence-electron chi connectivity index (χ3n) is 1.99. The van der Waals surface area contributed by atoms with E-state index >= 15 is 0 Å². The zero-order chi connectivity index (χ0) is 11.1. The number of carboxylic acid groups (broad SMARTS) is 1. The molecule has 0 fully saturated rings. The first-order valence-electron chi connectivity index (χ1n) is 4.81. The summed E-state index contributed by atoms with van der Waals surface area (Å²) < 4.78 is 0. The van der Waals surface area contributed by atoms with Crippen LogP contribution in [0.1, 0.15) is 12.5 Å². The standard InChI is InChI=1S/C11H15NO3/c1-9(11(13)14)7-12-15-8-10-5-3-2-4-6-10/h2-6,9,12H,7-8H2,1H3,(H,13,14). The van der Waals surface area contributed by atoms with E-state index in [1.807, 2.05) is 30.3 Å². The number of carbonyl (C=O) groups is 1. The molecule has 0 aromatic heterocycles. The number of nitrogens with one attached hydrogen (secondary N) is 1. The number of hydrogen-bond acceptors (Lipinski definition) is 3. The number of benzene rings is 1. The van der Waals surface area contributed by atoms with Crippen molar-refractivity contribution in [2.75, 3.05) is 6.54 Å². The first-order valence-corrected chi connectivity index (χ1v) is 4.81. The zero-order valence-corrected chi connectivity index (χ0v) is 8.64. The Morgan fingerprint density at radius 2 is 2.13 bits per heavy atom. The van der Waals surface area contributed by atoms with Crippen LogP contribution >= 0.6 is 0 Å². The summed E-state index contributed by atoms with van der Waals surface area (Å²) in [5.41, 5.74) is 3.68. The molecule has 1 atom stereocenters. The van der Waals surface area contributed by atoms with E-state index in [2.05, 4.69) is 5.48 Å². The van der Waals surface area contributed by atoms with Gasteiger partial charge in [-0.25, -0.2) is 5.48 Å². The smallest absolute Gasteiger partial charge is 0.307 e. The molecule has 15 heavy (non-hydrogen) atoms. The van der Waals surface area contributed by atoms with Gasteiger partial charge in [-0.05, 0) is 5.56 Å². The molecule has 82 valence electrons. The largest absolute Gasteiger partial charge is 0.481 e. The molecule has 0 heterocycles. The maximum Gasteiger partial charge on any atom is 0.307 e. The molecular weight excluding hydrogens is 194 g/mol. The molecule has 0 spiro atoms. The van der Waals surface area contributed by atoms with E-state index in [1.165, 1.54) is 0 Å². The maximum atomic E-state index is 10.5. The molecule has 1 aromatic rings. The highest BCUT2D eigenvalue weighted by Gasteiger charge is 2.09. The fraction of sp³-hybridized carbons (Fsp3) is 0.364. The molecule has 0 aliphatic carbocycles. The van der Waals surface area contributed by atoms with Gasteiger partial charge in [0.05, 0.1) is 12.5 Å². The Hall–Kier alpha value is -1.39. The van der Waals surface area contributed by atoms with Gasteiger partial charge < -0.3 is 5.11 Å². The SMILES string of the molecule is CC(CNOCc1ccccc1)C(=O)O. The van der Waals surface area contributed by atoms with Gasteiger partial charge in [-0.2, -0.15) is 0 Å². The predicted molar refractivity (Wildman–Crippen MR) is 56.0 cm³/mol. The second kappa shape index (κ2) is 6.16. The molecule has 0 bridgehead atoms. The first kappa shape index (κ1) is 11.7. The number of aliphatic carboxylic acids is 1. The molecule has 0 amide bonds. The lowest BCUT2D eigenvalue weighted by atomic mass is 10.2. The Labute approximate surface area is 88.8 Å². The molecule has 4 nitrogen and oxygen atoms in total. The Morgan fingerprint density at radius 3 is 2.73 bits per heavy atom. The second-order valence-corrected chi connectivity index (χ2v) is 3.36. The van der Waals surface area contributed by atoms with Crippen molar-refractivity contribution in [2.45, 2.75) is 13.5 Å². The van der Waals surface area contributed by atoms with Crippen molar-refractivity contribution in [1.82, 2.24) is 5.48 Å². The summed E-state index contributed by atoms with van der Waals surface area (Å²) in [4.78, 5) is 15.6. The predicted octanol–water partition coefficient (Wildman–Crippen LogP) is 1.43. The average Bonchev–Trinajstić information content (AvgIpc) is 2.25. The van der Waals surface area contributed by atoms with E-state index in [4.69, 9.17) is 9.94 Å². The fourth-order valence-electron chi connectivity index (χ4n) is 0.980. The second-order valence-electron chi connectivity index (χ2n) is 3.36. The minimum atomic E-state index is -0.828. The van der Waals surface area contributed by atoms with Crippen LogP contribution in [0.15, 0.2) is 30.3 Å². The Bertz CT molecular complexity index is 300. The minimum absolute atomic E-state index is 0.308. The first-order chi connectivity index (χ1) is 7.20. The van der Waals surface area contributed by atoms with Crippen LogP contribution in [-0.4, -0.2) is 17.6 Å². The Kier molecular flexibility index (Phi) is 4.80. The maximum absolute atomic E-state index is 10.5. The monoisotopic (exact) mass is 209 g/mol. The number of hydroxylamine groups is 1. The van der Waals surface area contributed by atoms with E-state index in [-0.39, 0.29) is 0 Å². The molecule has 1 rings (SSSR count). The van der Waals surface area contributed by atoms with E-state index in [1.54, 1.807) is 6.92 Å². The van der Waals surface area contributed by atoms with E-state index in [0.717, 1.165) is 5.56 Å². The zero-order valence-electron chi connectivity index (χ0n) is 8.64. The van der Waals surface area contributed by atoms with Gasteiger partial charge in [-0.15, -0.1) is 0 Å². The van der Waals surface area contributed by atoms with Crippen LogP contribution < -0.4 is 5.48 Å². The Balaban J connectivity index is 2.15. The lowest BCUT2D eigenvalue weighted by molar-refractivity contribution is -0.142. The summed E-state index contributed by atoms with van der Waals surface area (Å²) in [5, 5.41) is 8.60. The summed E-state index contributed by atoms with van der Waals surface area (Å²) >= 11 is 0. The van der Waals surface area contributed by atoms with Crippen molar-refractivity contribution < 1.29 is 14.7 Å². The molecule has 1 aromatic carbocycles. The van der Waals surface area contributed by atoms with Gasteiger partial charge in [0.2, 0.25) is 0 Å². The van der Waals surface area contributed by atoms with Crippen LogP contribution in [0.3, 0.4) is 0 Å². The highest BCUT2D eigenvalue weighted by Crippen LogP contribution is 1.99. The molecule has 0 saturated heterocycles. The van der Waals surface area contributed by atoms with E-state index in [9.17, 15) is 4.79 Å². The van der Waals surface area contributed by atoms with Gasteiger partial charge in [-0.1, -0.05) is 37.3 Å². The molecule has 0 aliphatic rings. The molecular formula is C11H15NO3. The summed E-state index contributed by atoms with van der Waals surface area (Å²) in [7, 11) is 0. The van der Waals surface area contributed by atoms with Crippen LogP contribution in [0.25, 0.3) is 0 Å². The summed E-state index contributed by atoms with van der Waals surface area (Å²) in [5.74, 6) is -1.27. The molecule has 0 saturated carbocycles. The fourth-order valence-corrected chi connectivity index (χ4v) is 0.980. The van der Waals surface area contributed by atoms with Crippen molar-refractivity contribution in [3.05, 3.63) is 35.9 Å². The van der Waals surface area contributed by atoms with Crippen molar-refractivity contribution in [1.29, 1.82) is 0 Å². The third-order valence-corrected chi connectivity index (χ3v) is 1.99. The van der Waals surface area contributed by atoms with Gasteiger partial charge in [0.15, 0.2) is 0 Å². The van der Waals surface area contributed by atoms with Crippen molar-refractivity contribution in [3.63, 3.8) is 0 Å².